The molecule has 0 N–H and O–H groups in total. The van der Waals surface area contributed by atoms with Gasteiger partial charge in [-0.2, -0.15) is 0 Å². The zero-order valence-corrected chi connectivity index (χ0v) is 9.76. The first-order chi connectivity index (χ1) is 6.27. The van der Waals surface area contributed by atoms with Crippen molar-refractivity contribution in [2.75, 3.05) is 5.33 Å². The van der Waals surface area contributed by atoms with Crippen LogP contribution >= 0.6 is 15.9 Å². The number of hydrogen-bond donors (Lipinski definition) is 0. The predicted octanol–water partition coefficient (Wildman–Crippen LogP) is 4.18. The van der Waals surface area contributed by atoms with E-state index < -0.39 is 0 Å². The first-order valence-electron chi connectivity index (χ1n) is 4.59. The molecule has 0 atom stereocenters. The average Bonchev–Trinajstić information content (AvgIpc) is 2.17. The SMILES string of the molecule is CC/C(=C/c1ccccc1C)CBr. The highest BCUT2D eigenvalue weighted by Crippen LogP contribution is 2.14. The van der Waals surface area contributed by atoms with Crippen LogP contribution < -0.4 is 0 Å². The standard InChI is InChI=1S/C12H15Br/c1-3-11(9-13)8-12-7-5-4-6-10(12)2/h4-8H,3,9H2,1-2H3/b11-8-. The molecular weight excluding hydrogens is 224 g/mol. The Kier molecular flexibility index (Phi) is 4.23. The van der Waals surface area contributed by atoms with Crippen molar-refractivity contribution in [3.05, 3.63) is 41.0 Å². The van der Waals surface area contributed by atoms with Crippen molar-refractivity contribution >= 4 is 22.0 Å². The largest absolute Gasteiger partial charge is 0.0880 e. The van der Waals surface area contributed by atoms with Gasteiger partial charge in [0.2, 0.25) is 0 Å². The average molecular weight is 239 g/mol. The van der Waals surface area contributed by atoms with Gasteiger partial charge in [-0.25, -0.2) is 0 Å². The summed E-state index contributed by atoms with van der Waals surface area (Å²) < 4.78 is 0. The molecule has 13 heavy (non-hydrogen) atoms. The fraction of sp³-hybridized carbons (Fsp3) is 0.333. The molecule has 1 rings (SSSR count). The number of aryl methyl sites for hydroxylation is 1. The maximum Gasteiger partial charge on any atom is 0.0245 e. The number of alkyl halides is 1. The monoisotopic (exact) mass is 238 g/mol. The molecule has 0 spiro atoms. The molecule has 0 unspecified atom stereocenters. The van der Waals surface area contributed by atoms with Gasteiger partial charge >= 0.3 is 0 Å². The van der Waals surface area contributed by atoms with Crippen LogP contribution in [0.1, 0.15) is 24.5 Å². The molecule has 0 fully saturated rings. The summed E-state index contributed by atoms with van der Waals surface area (Å²) in [6.45, 7) is 4.33. The van der Waals surface area contributed by atoms with Crippen molar-refractivity contribution < 1.29 is 0 Å². The van der Waals surface area contributed by atoms with Crippen LogP contribution in [0.2, 0.25) is 0 Å². The van der Waals surface area contributed by atoms with E-state index in [4.69, 9.17) is 0 Å². The number of hydrogen-bond acceptors (Lipinski definition) is 0. The van der Waals surface area contributed by atoms with E-state index in [1.54, 1.807) is 0 Å². The molecule has 0 saturated carbocycles. The Labute approximate surface area is 88.8 Å². The smallest absolute Gasteiger partial charge is 0.0245 e. The highest BCUT2D eigenvalue weighted by atomic mass is 79.9. The van der Waals surface area contributed by atoms with Gasteiger partial charge in [0.1, 0.15) is 0 Å². The molecule has 70 valence electrons. The molecule has 0 bridgehead atoms. The van der Waals surface area contributed by atoms with Gasteiger partial charge in [0.15, 0.2) is 0 Å². The van der Waals surface area contributed by atoms with Gasteiger partial charge in [-0.15, -0.1) is 0 Å². The van der Waals surface area contributed by atoms with Gasteiger partial charge in [0.25, 0.3) is 0 Å². The zero-order chi connectivity index (χ0) is 9.68. The molecule has 0 aliphatic carbocycles. The number of halogens is 1. The van der Waals surface area contributed by atoms with Gasteiger partial charge in [0.05, 0.1) is 0 Å². The summed E-state index contributed by atoms with van der Waals surface area (Å²) in [4.78, 5) is 0. The van der Waals surface area contributed by atoms with Gasteiger partial charge in [0, 0.05) is 5.33 Å². The van der Waals surface area contributed by atoms with Crippen LogP contribution in [0, 0.1) is 6.92 Å². The zero-order valence-electron chi connectivity index (χ0n) is 8.18. The third-order valence-corrected chi connectivity index (χ3v) is 2.89. The Bertz CT molecular complexity index is 294. The molecule has 0 saturated heterocycles. The minimum Gasteiger partial charge on any atom is -0.0880 e. The summed E-state index contributed by atoms with van der Waals surface area (Å²) in [6, 6.07) is 8.47. The fourth-order valence-electron chi connectivity index (χ4n) is 1.20. The van der Waals surface area contributed by atoms with Crippen molar-refractivity contribution in [1.82, 2.24) is 0 Å². The van der Waals surface area contributed by atoms with E-state index in [1.165, 1.54) is 16.7 Å². The maximum absolute atomic E-state index is 3.49. The highest BCUT2D eigenvalue weighted by Gasteiger charge is 1.95. The predicted molar refractivity (Wildman–Crippen MR) is 63.2 cm³/mol. The number of benzene rings is 1. The van der Waals surface area contributed by atoms with Crippen molar-refractivity contribution in [1.29, 1.82) is 0 Å². The minimum atomic E-state index is 0.970. The van der Waals surface area contributed by atoms with Gasteiger partial charge in [-0.05, 0) is 24.5 Å². The van der Waals surface area contributed by atoms with Crippen LogP contribution in [0.3, 0.4) is 0 Å². The van der Waals surface area contributed by atoms with Crippen LogP contribution in [0.25, 0.3) is 6.08 Å². The lowest BCUT2D eigenvalue weighted by Crippen LogP contribution is -1.84. The van der Waals surface area contributed by atoms with Crippen molar-refractivity contribution in [2.24, 2.45) is 0 Å². The molecule has 0 nitrogen and oxygen atoms in total. The second kappa shape index (κ2) is 5.23. The Hall–Kier alpha value is -0.560. The van der Waals surface area contributed by atoms with E-state index in [9.17, 15) is 0 Å². The summed E-state index contributed by atoms with van der Waals surface area (Å²) in [6.07, 6.45) is 3.38. The van der Waals surface area contributed by atoms with Crippen molar-refractivity contribution in [2.45, 2.75) is 20.3 Å². The molecule has 0 radical (unpaired) electrons. The van der Waals surface area contributed by atoms with Crippen LogP contribution in [-0.4, -0.2) is 5.33 Å². The molecule has 1 heteroatoms. The Morgan fingerprint density at radius 1 is 1.38 bits per heavy atom. The fourth-order valence-corrected chi connectivity index (χ4v) is 1.76. The first-order valence-corrected chi connectivity index (χ1v) is 5.71. The van der Waals surface area contributed by atoms with E-state index in [-0.39, 0.29) is 0 Å². The molecule has 1 aromatic rings. The maximum atomic E-state index is 3.49. The summed E-state index contributed by atoms with van der Waals surface area (Å²) in [7, 11) is 0. The van der Waals surface area contributed by atoms with Crippen molar-refractivity contribution in [3.8, 4) is 0 Å². The molecule has 1 aromatic carbocycles. The molecule has 0 aromatic heterocycles. The van der Waals surface area contributed by atoms with Crippen molar-refractivity contribution in [3.63, 3.8) is 0 Å². The third kappa shape index (κ3) is 3.00. The summed E-state index contributed by atoms with van der Waals surface area (Å²) in [5.74, 6) is 0. The molecular formula is C12H15Br. The van der Waals surface area contributed by atoms with E-state index in [0.29, 0.717) is 0 Å². The van der Waals surface area contributed by atoms with E-state index in [1.807, 2.05) is 0 Å². The van der Waals surface area contributed by atoms with Crippen LogP contribution in [0.5, 0.6) is 0 Å². The quantitative estimate of drug-likeness (QED) is 0.694. The van der Waals surface area contributed by atoms with E-state index in [0.717, 1.165) is 11.8 Å². The molecule has 0 aliphatic rings. The topological polar surface area (TPSA) is 0 Å². The Morgan fingerprint density at radius 3 is 2.62 bits per heavy atom. The first kappa shape index (κ1) is 10.5. The lowest BCUT2D eigenvalue weighted by molar-refractivity contribution is 1.12. The van der Waals surface area contributed by atoms with Crippen LogP contribution in [0.15, 0.2) is 29.8 Å². The lowest BCUT2D eigenvalue weighted by atomic mass is 10.1. The van der Waals surface area contributed by atoms with Gasteiger partial charge in [-0.3, -0.25) is 0 Å². The molecule has 0 amide bonds. The molecule has 0 aliphatic heterocycles. The normalized spacial score (nSPS) is 11.8. The second-order valence-electron chi connectivity index (χ2n) is 3.15. The Morgan fingerprint density at radius 2 is 2.08 bits per heavy atom. The summed E-state index contributed by atoms with van der Waals surface area (Å²) >= 11 is 3.49. The van der Waals surface area contributed by atoms with E-state index >= 15 is 0 Å². The van der Waals surface area contributed by atoms with Crippen LogP contribution in [0.4, 0.5) is 0 Å². The van der Waals surface area contributed by atoms with Crippen LogP contribution in [-0.2, 0) is 0 Å². The number of allylic oxidation sites excluding steroid dienone is 1. The Balaban J connectivity index is 2.95. The van der Waals surface area contributed by atoms with Gasteiger partial charge in [-0.1, -0.05) is 58.8 Å². The lowest BCUT2D eigenvalue weighted by Gasteiger charge is -2.02. The highest BCUT2D eigenvalue weighted by molar-refractivity contribution is 9.09. The summed E-state index contributed by atoms with van der Waals surface area (Å²) in [5.41, 5.74) is 4.11. The minimum absolute atomic E-state index is 0.970. The van der Waals surface area contributed by atoms with E-state index in [2.05, 4.69) is 60.1 Å². The number of rotatable bonds is 3. The molecule has 0 heterocycles. The third-order valence-electron chi connectivity index (χ3n) is 2.17. The second-order valence-corrected chi connectivity index (χ2v) is 3.71. The summed E-state index contributed by atoms with van der Waals surface area (Å²) in [5, 5.41) is 0.970. The van der Waals surface area contributed by atoms with Gasteiger partial charge < -0.3 is 0 Å².